The first kappa shape index (κ1) is 36.4. The summed E-state index contributed by atoms with van der Waals surface area (Å²) in [6, 6.07) is 12.0. The summed E-state index contributed by atoms with van der Waals surface area (Å²) >= 11 is 2.50. The average Bonchev–Trinajstić information content (AvgIpc) is 2.82. The summed E-state index contributed by atoms with van der Waals surface area (Å²) in [4.78, 5) is 33.3. The molecule has 2 N–H and O–H groups in total. The fourth-order valence-corrected chi connectivity index (χ4v) is 1.74. The Morgan fingerprint density at radius 2 is 1.42 bits per heavy atom. The van der Waals surface area contributed by atoms with Crippen LogP contribution in [-0.2, 0) is 16.1 Å². The van der Waals surface area contributed by atoms with E-state index in [9.17, 15) is 9.59 Å². The summed E-state index contributed by atoms with van der Waals surface area (Å²) in [5.74, 6) is 0.450. The number of hydrogen-bond donors (Lipinski definition) is 1. The van der Waals surface area contributed by atoms with Crippen LogP contribution in [0.1, 0.15) is 12.8 Å². The van der Waals surface area contributed by atoms with Crippen LogP contribution in [0.15, 0.2) is 36.4 Å². The van der Waals surface area contributed by atoms with E-state index < -0.39 is 0 Å². The Morgan fingerprint density at radius 1 is 0.970 bits per heavy atom. The van der Waals surface area contributed by atoms with Crippen molar-refractivity contribution < 1.29 is 71.9 Å². The van der Waals surface area contributed by atoms with Gasteiger partial charge in [0, 0.05) is 46.9 Å². The van der Waals surface area contributed by atoms with E-state index in [1.807, 2.05) is 6.07 Å². The van der Waals surface area contributed by atoms with E-state index in [-0.39, 0.29) is 89.4 Å². The van der Waals surface area contributed by atoms with Gasteiger partial charge < -0.3 is 26.4 Å². The van der Waals surface area contributed by atoms with Crippen LogP contribution >= 0.6 is 0 Å². The number of likely N-dealkylation sites (N-methyl/N-ethyl adjacent to an activating group) is 2. The van der Waals surface area contributed by atoms with Crippen molar-refractivity contribution in [3.8, 4) is 17.8 Å². The van der Waals surface area contributed by atoms with Crippen LogP contribution in [0.5, 0.6) is 11.8 Å². The molecule has 0 saturated heterocycles. The predicted molar refractivity (Wildman–Crippen MR) is 122 cm³/mol. The van der Waals surface area contributed by atoms with Crippen molar-refractivity contribution in [1.82, 2.24) is 19.8 Å². The molecule has 0 aromatic carbocycles. The minimum atomic E-state index is -0.154. The third-order valence-electron chi connectivity index (χ3n) is 3.51. The van der Waals surface area contributed by atoms with Crippen LogP contribution in [0.2, 0.25) is 0 Å². The van der Waals surface area contributed by atoms with Gasteiger partial charge >= 0.3 is 115 Å². The number of hydrogen-bond acceptors (Lipinski definition) is 8. The van der Waals surface area contributed by atoms with E-state index >= 15 is 0 Å². The molecule has 2 aromatic heterocycles. The van der Waals surface area contributed by atoms with Gasteiger partial charge in [0.1, 0.15) is 11.8 Å². The van der Waals surface area contributed by atoms with Gasteiger partial charge in [-0.2, -0.15) is 5.26 Å². The summed E-state index contributed by atoms with van der Waals surface area (Å²) in [6.45, 7) is 0.279. The van der Waals surface area contributed by atoms with Gasteiger partial charge in [-0.15, -0.1) is 0 Å². The average molecular weight is 533 g/mol. The van der Waals surface area contributed by atoms with Gasteiger partial charge in [-0.25, -0.2) is 9.97 Å². The Bertz CT molecular complexity index is 901. The number of nitrogens with two attached hydrogens (primary N) is 1. The summed E-state index contributed by atoms with van der Waals surface area (Å²) in [6.07, 6.45) is 0. The maximum absolute atomic E-state index is 11.2. The zero-order chi connectivity index (χ0) is 24.5. The normalized spacial score (nSPS) is 8.85. The fraction of sp³-hybridized carbons (Fsp3) is 0.350. The minimum absolute atomic E-state index is 0. The number of amides is 2. The van der Waals surface area contributed by atoms with E-state index in [0.29, 0.717) is 12.4 Å². The zero-order valence-corrected chi connectivity index (χ0v) is 29.9. The number of carbonyl (C=O) groups excluding carboxylic acids is 2. The molecule has 2 aromatic rings. The second-order valence-electron chi connectivity index (χ2n) is 6.30. The molecule has 10 nitrogen and oxygen atoms in total. The van der Waals surface area contributed by atoms with Crippen molar-refractivity contribution in [2.24, 2.45) is 5.73 Å². The second-order valence-corrected chi connectivity index (χ2v) is 6.30. The number of nitrogens with zero attached hydrogens (tertiary/aromatic N) is 5. The van der Waals surface area contributed by atoms with Crippen LogP contribution in [-0.4, -0.2) is 136 Å². The van der Waals surface area contributed by atoms with Crippen LogP contribution in [0, 0.1) is 11.3 Å². The van der Waals surface area contributed by atoms with Gasteiger partial charge in [0.25, 0.3) is 11.8 Å². The standard InChI is InChI=1S/C10H15N3O2.C10H11N3O2.3K.H/c2*1-13(2)10(14)7-15-9-5-3-4-8(6-11)12-9;;;;/h3-5H,6-7,11H2,1-2H3;3-5H,7H2,1-2H3;;;;/q;;;;+1;-1. The van der Waals surface area contributed by atoms with Crippen molar-refractivity contribution in [2.75, 3.05) is 41.4 Å². The number of nitriles is 1. The maximum atomic E-state index is 11.2. The van der Waals surface area contributed by atoms with E-state index in [1.165, 1.54) is 73.0 Å². The van der Waals surface area contributed by atoms with Gasteiger partial charge in [0.2, 0.25) is 11.8 Å². The molecule has 0 fully saturated rings. The van der Waals surface area contributed by atoms with E-state index in [1.54, 1.807) is 64.6 Å². The Balaban J connectivity index is -0.000000499. The zero-order valence-electron chi connectivity index (χ0n) is 21.5. The van der Waals surface area contributed by atoms with Crippen LogP contribution in [0.4, 0.5) is 0 Å². The molecule has 33 heavy (non-hydrogen) atoms. The first-order valence-electron chi connectivity index (χ1n) is 9.95. The number of pyridine rings is 2. The molecule has 2 amide bonds. The van der Waals surface area contributed by atoms with Gasteiger partial charge in [-0.3, -0.25) is 9.59 Å². The van der Waals surface area contributed by atoms with Gasteiger partial charge in [0.05, 0.1) is 5.69 Å². The third-order valence-corrected chi connectivity index (χ3v) is 3.51. The Kier molecular flexibility index (Phi) is 24.7. The van der Waals surface area contributed by atoms with Crippen molar-refractivity contribution in [3.63, 3.8) is 0 Å². The van der Waals surface area contributed by atoms with Crippen molar-refractivity contribution >= 4 is 75.0 Å². The number of rotatable bonds is 7. The monoisotopic (exact) mass is 532 g/mol. The molecule has 2 heterocycles. The Morgan fingerprint density at radius 3 is 1.85 bits per heavy atom. The quantitative estimate of drug-likeness (QED) is 0.368. The number of ether oxygens (including phenoxy) is 2. The Hall–Kier alpha value is 1.20. The molecular weight excluding hydrogens is 506 g/mol. The Labute approximate surface area is 284 Å². The molecule has 0 bridgehead atoms. The van der Waals surface area contributed by atoms with Crippen LogP contribution < -0.4 is 66.6 Å². The molecule has 13 heteroatoms. The molecule has 0 aliphatic carbocycles. The van der Waals surface area contributed by atoms with Gasteiger partial charge in [-0.1, -0.05) is 12.1 Å². The first-order valence-corrected chi connectivity index (χ1v) is 26.0. The number of aromatic nitrogens is 2. The van der Waals surface area contributed by atoms with Crippen LogP contribution in [0.25, 0.3) is 0 Å². The van der Waals surface area contributed by atoms with E-state index in [0.717, 1.165) is 5.69 Å². The van der Waals surface area contributed by atoms with Crippen molar-refractivity contribution in [3.05, 3.63) is 47.8 Å². The molecule has 0 unspecified atom stereocenters. The van der Waals surface area contributed by atoms with Gasteiger partial charge in [0.15, 0.2) is 13.2 Å². The van der Waals surface area contributed by atoms with Gasteiger partial charge in [-0.05, 0) is 12.1 Å². The molecule has 2 rings (SSSR count). The summed E-state index contributed by atoms with van der Waals surface area (Å²) in [5, 5.41) is 8.58. The number of carbonyl (C=O) groups is 2. The molecular formula is C20H27K3N6O4. The van der Waals surface area contributed by atoms with E-state index in [4.69, 9.17) is 20.5 Å². The predicted octanol–water partition coefficient (Wildman–Crippen LogP) is -3.22. The summed E-state index contributed by atoms with van der Waals surface area (Å²) in [5.41, 5.74) is 6.44. The van der Waals surface area contributed by atoms with Crippen LogP contribution in [0.3, 0.4) is 0 Å². The fourth-order valence-electron chi connectivity index (χ4n) is 1.74. The topological polar surface area (TPSA) is 135 Å². The molecule has 0 aliphatic rings. The third kappa shape index (κ3) is 17.3. The second kappa shape index (κ2) is 22.4. The molecule has 0 saturated carbocycles. The molecule has 0 spiro atoms. The molecule has 0 aliphatic heterocycles. The molecule has 164 valence electrons. The van der Waals surface area contributed by atoms with Crippen molar-refractivity contribution in [2.45, 2.75) is 6.54 Å². The molecule has 0 radical (unpaired) electrons. The summed E-state index contributed by atoms with van der Waals surface area (Å²) in [7, 11) is 6.64. The summed E-state index contributed by atoms with van der Waals surface area (Å²) < 4.78 is 10.3. The van der Waals surface area contributed by atoms with Crippen molar-refractivity contribution in [1.29, 1.82) is 5.26 Å². The molecule has 0 atom stereocenters. The first-order chi connectivity index (χ1) is 15.3. The van der Waals surface area contributed by atoms with E-state index in [2.05, 4.69) is 9.97 Å². The SMILES string of the molecule is CN(C)C(=O)COc1cccc(C#N)n1.CN(C)C(=O)COc1cccc(CN)n1.[H-].[K+].[K][K].